The van der Waals surface area contributed by atoms with E-state index in [9.17, 15) is 59.4 Å². The summed E-state index contributed by atoms with van der Waals surface area (Å²) in [4.78, 5) is 66.8. The lowest BCUT2D eigenvalue weighted by Crippen LogP contribution is -2.63. The van der Waals surface area contributed by atoms with E-state index in [1.54, 1.807) is 24.5 Å². The molecule has 2 aromatic heterocycles. The number of fused-ring (bicyclic) bond motifs is 2. The summed E-state index contributed by atoms with van der Waals surface area (Å²) in [6.45, 7) is 0.728. The Bertz CT molecular complexity index is 2880. The number of hydrogen-bond donors (Lipinski definition) is 5. The first-order valence-electron chi connectivity index (χ1n) is 25.1. The van der Waals surface area contributed by atoms with Gasteiger partial charge in [0.05, 0.1) is 68.2 Å². The van der Waals surface area contributed by atoms with Crippen LogP contribution >= 0.6 is 0 Å². The molecule has 5 N–H and O–H groups in total. The third-order valence-corrected chi connectivity index (χ3v) is 14.6. The average molecular weight is 1140 g/mol. The van der Waals surface area contributed by atoms with E-state index in [1.165, 1.54) is 18.2 Å². The fourth-order valence-electron chi connectivity index (χ4n) is 9.52. The van der Waals surface area contributed by atoms with Gasteiger partial charge in [-0.1, -0.05) is 36.1 Å². The number of aromatic nitrogens is 4. The van der Waals surface area contributed by atoms with Crippen LogP contribution in [0.4, 0.5) is 55.1 Å². The molecule has 3 saturated heterocycles. The van der Waals surface area contributed by atoms with Gasteiger partial charge in [0.2, 0.25) is 11.9 Å². The molecule has 6 atom stereocenters. The van der Waals surface area contributed by atoms with Gasteiger partial charge in [-0.25, -0.2) is 33.6 Å². The first kappa shape index (κ1) is 60.4. The highest BCUT2D eigenvalue weighted by Crippen LogP contribution is 2.42. The third-order valence-electron chi connectivity index (χ3n) is 14.6. The molecule has 80 heavy (non-hydrogen) atoms. The summed E-state index contributed by atoms with van der Waals surface area (Å²) >= 11 is 0. The van der Waals surface area contributed by atoms with Gasteiger partial charge in [0.15, 0.2) is 0 Å². The Morgan fingerprint density at radius 3 is 1.84 bits per heavy atom. The van der Waals surface area contributed by atoms with E-state index < -0.39 is 103 Å². The number of carbonyl (C=O) groups is 4. The maximum Gasteiger partial charge on any atom is 0.407 e. The Hall–Kier alpha value is -7.22. The predicted molar refractivity (Wildman–Crippen MR) is 267 cm³/mol. The molecule has 0 saturated carbocycles. The zero-order valence-corrected chi connectivity index (χ0v) is 44.2. The summed E-state index contributed by atoms with van der Waals surface area (Å²) in [7, 11) is 1.66. The van der Waals surface area contributed by atoms with Gasteiger partial charge in [0, 0.05) is 73.5 Å². The van der Waals surface area contributed by atoms with Crippen molar-refractivity contribution in [1.82, 2.24) is 51.0 Å². The van der Waals surface area contributed by atoms with Crippen molar-refractivity contribution in [2.24, 2.45) is 10.8 Å². The Kier molecular flexibility index (Phi) is 18.6. The van der Waals surface area contributed by atoms with Crippen molar-refractivity contribution in [1.29, 1.82) is 0 Å². The summed E-state index contributed by atoms with van der Waals surface area (Å²) < 4.78 is 145. The van der Waals surface area contributed by atoms with Crippen LogP contribution in [-0.2, 0) is 36.8 Å². The van der Waals surface area contributed by atoms with E-state index >= 15 is 4.39 Å². The molecule has 4 amide bonds. The number of aliphatic hydroxyl groups is 1. The van der Waals surface area contributed by atoms with Gasteiger partial charge in [0.25, 0.3) is 5.91 Å². The molecule has 0 spiro atoms. The second-order valence-electron chi connectivity index (χ2n) is 20.8. The molecule has 5 heterocycles. The highest BCUT2D eigenvalue weighted by atomic mass is 19.4. The Labute approximate surface area is 453 Å². The number of methoxy groups -OCH3 is 2. The van der Waals surface area contributed by atoms with Gasteiger partial charge in [0.1, 0.15) is 17.9 Å². The molecule has 434 valence electrons. The largest absolute Gasteiger partial charge is 0.453 e. The van der Waals surface area contributed by atoms with Gasteiger partial charge in [-0.3, -0.25) is 19.9 Å². The standard InChI is InChI=1S/C52H60F9N11O8/c1-49(2,51(56,57)58)41(66-47(76)78-5)43(74)65-39(17-30-10-7-29(8-11-30)9-12-31-19-62-46(63-20-31)69-24-35-15-16-36(25-69)72(35)37-27-80-28-37)40(73)26-70(68-44(75)42(67-48(77)79-6)50(3,4)52(59,60)61)22-33-14-13-32(18-38(33)53)34-21-64-71(23-34)45(54)55/h7-8,10-11,13-14,18-21,23,35-37,39-42,45,73H,15-17,22,24-28H2,1-6H3,(H,65,74)(H,66,76)(H,67,77)(H,68,75)/t35?,36?,39-,40-,41+,42+/m0/s1. The molecular formula is C52H60F9N11O8. The lowest BCUT2D eigenvalue weighted by molar-refractivity contribution is -0.221. The molecule has 2 bridgehead atoms. The number of anilines is 1. The first-order chi connectivity index (χ1) is 37.6. The molecule has 2 unspecified atom stereocenters. The number of piperazine rings is 1. The van der Waals surface area contributed by atoms with Crippen LogP contribution in [0, 0.1) is 28.5 Å². The van der Waals surface area contributed by atoms with Crippen molar-refractivity contribution in [3.8, 4) is 23.0 Å². The number of nitrogens with one attached hydrogen (secondary N) is 4. The number of hydrogen-bond acceptors (Lipinski definition) is 14. The van der Waals surface area contributed by atoms with Gasteiger partial charge in [-0.05, 0) is 76.3 Å². The second kappa shape index (κ2) is 24.7. The Balaban J connectivity index is 1.17. The number of amides is 4. The van der Waals surface area contributed by atoms with Crippen molar-refractivity contribution in [3.05, 3.63) is 95.3 Å². The molecule has 4 aromatic rings. The first-order valence-corrected chi connectivity index (χ1v) is 25.1. The average Bonchev–Trinajstić information content (AvgIpc) is 4.10. The smallest absolute Gasteiger partial charge is 0.407 e. The van der Waals surface area contributed by atoms with Crippen LogP contribution in [0.3, 0.4) is 0 Å². The van der Waals surface area contributed by atoms with Crippen LogP contribution in [0.1, 0.15) is 69.3 Å². The maximum absolute atomic E-state index is 16.0. The normalized spacial score (nSPS) is 18.6. The second-order valence-corrected chi connectivity index (χ2v) is 20.8. The lowest BCUT2D eigenvalue weighted by Gasteiger charge is -2.47. The van der Waals surface area contributed by atoms with Crippen LogP contribution in [-0.4, -0.2) is 161 Å². The summed E-state index contributed by atoms with van der Waals surface area (Å²) in [5.74, 6) is 2.46. The number of rotatable bonds is 19. The molecule has 3 aliphatic rings. The third kappa shape index (κ3) is 14.0. The molecular weight excluding hydrogens is 1080 g/mol. The molecule has 2 aromatic carbocycles. The summed E-state index contributed by atoms with van der Waals surface area (Å²) in [6, 6.07) is 4.12. The van der Waals surface area contributed by atoms with E-state index in [4.69, 9.17) is 4.74 Å². The van der Waals surface area contributed by atoms with Gasteiger partial charge >= 0.3 is 31.1 Å². The highest BCUT2D eigenvalue weighted by molar-refractivity contribution is 5.87. The predicted octanol–water partition coefficient (Wildman–Crippen LogP) is 5.87. The topological polar surface area (TPSA) is 218 Å². The van der Waals surface area contributed by atoms with Crippen LogP contribution in [0.2, 0.25) is 0 Å². The molecule has 19 nitrogen and oxygen atoms in total. The molecule has 0 radical (unpaired) electrons. The monoisotopic (exact) mass is 1140 g/mol. The number of nitrogens with zero attached hydrogens (tertiary/aromatic N) is 7. The van der Waals surface area contributed by atoms with E-state index in [0.29, 0.717) is 73.1 Å². The van der Waals surface area contributed by atoms with Gasteiger partial charge < -0.3 is 40.2 Å². The fourth-order valence-corrected chi connectivity index (χ4v) is 9.52. The summed E-state index contributed by atoms with van der Waals surface area (Å²) in [5, 5.41) is 22.4. The number of benzene rings is 2. The van der Waals surface area contributed by atoms with Crippen molar-refractivity contribution in [2.75, 3.05) is 52.0 Å². The van der Waals surface area contributed by atoms with E-state index in [0.717, 1.165) is 82.9 Å². The zero-order valence-electron chi connectivity index (χ0n) is 44.2. The lowest BCUT2D eigenvalue weighted by atomic mass is 9.82. The van der Waals surface area contributed by atoms with Crippen LogP contribution < -0.4 is 26.3 Å². The van der Waals surface area contributed by atoms with Crippen LogP contribution in [0.5, 0.6) is 0 Å². The van der Waals surface area contributed by atoms with E-state index in [1.807, 2.05) is 10.6 Å². The molecule has 0 aliphatic carbocycles. The maximum atomic E-state index is 16.0. The highest BCUT2D eigenvalue weighted by Gasteiger charge is 2.57. The van der Waals surface area contributed by atoms with E-state index in [2.05, 4.69) is 56.9 Å². The molecule has 28 heteroatoms. The minimum absolute atomic E-state index is 0.0504. The molecule has 3 fully saturated rings. The molecule has 3 aliphatic heterocycles. The van der Waals surface area contributed by atoms with Crippen molar-refractivity contribution in [2.45, 2.75) is 115 Å². The van der Waals surface area contributed by atoms with Crippen LogP contribution in [0.15, 0.2) is 67.3 Å². The van der Waals surface area contributed by atoms with Crippen LogP contribution in [0.25, 0.3) is 11.1 Å². The van der Waals surface area contributed by atoms with Gasteiger partial charge in [-0.15, -0.1) is 0 Å². The Morgan fingerprint density at radius 2 is 1.34 bits per heavy atom. The SMILES string of the molecule is COC(=O)N[C@H](C(=O)N[C@@H](Cc1ccc(C#Cc2cnc(N3CC4CCC(C3)N4C3COC3)nc2)cc1)[C@@H](O)CN(Cc1ccc(-c2cnn(C(F)F)c2)cc1F)NC(=O)[C@@H](NC(=O)OC)C(C)(C)C(F)(F)F)C(C)(C)C(F)(F)F. The minimum atomic E-state index is -5.17. The van der Waals surface area contributed by atoms with Crippen molar-refractivity contribution < 1.29 is 78.0 Å². The molecule has 7 rings (SSSR count). The fraction of sp³-hybridized carbons (Fsp3) is 0.519. The number of hydrazine groups is 1. The number of aliphatic hydroxyl groups excluding tert-OH is 1. The number of ether oxygens (including phenoxy) is 3. The minimum Gasteiger partial charge on any atom is -0.453 e. The van der Waals surface area contributed by atoms with Crippen molar-refractivity contribution >= 4 is 29.9 Å². The number of alkyl halides is 8. The van der Waals surface area contributed by atoms with E-state index in [-0.39, 0.29) is 16.7 Å². The Morgan fingerprint density at radius 1 is 0.775 bits per heavy atom. The number of halogens is 9. The van der Waals surface area contributed by atoms with Crippen molar-refractivity contribution in [3.63, 3.8) is 0 Å². The number of carbonyl (C=O) groups excluding carboxylic acids is 4. The summed E-state index contributed by atoms with van der Waals surface area (Å²) in [5.41, 5.74) is -2.80. The quantitative estimate of drug-likeness (QED) is 0.0422. The van der Waals surface area contributed by atoms with Gasteiger partial charge in [-0.2, -0.15) is 40.2 Å². The zero-order chi connectivity index (χ0) is 58.5. The number of alkyl carbamates (subject to hydrolysis) is 2. The summed E-state index contributed by atoms with van der Waals surface area (Å²) in [6.07, 6.45) is -8.30.